The van der Waals surface area contributed by atoms with E-state index >= 15 is 0 Å². The van der Waals surface area contributed by atoms with Gasteiger partial charge in [-0.05, 0) is 31.2 Å². The number of aromatic amines is 1. The summed E-state index contributed by atoms with van der Waals surface area (Å²) in [6.07, 6.45) is 1.13. The number of amides is 1. The van der Waals surface area contributed by atoms with Gasteiger partial charge in [0.15, 0.2) is 0 Å². The molecule has 2 aromatic rings. The first-order chi connectivity index (χ1) is 10.5. The van der Waals surface area contributed by atoms with Crippen LogP contribution in [0.4, 0.5) is 5.95 Å². The standard InChI is InChI=1S/C12H15N5O3S2/c1-8-13-12(16-15-8)14-11(18)9-4-2-6-17(9)22(19,20)10-5-3-7-21-10/h3,5,7,9H,2,4,6H2,1H3,(H2,13,14,15,16,18)/t9-/m0/s1. The van der Waals surface area contributed by atoms with Gasteiger partial charge in [0.05, 0.1) is 0 Å². The zero-order chi connectivity index (χ0) is 15.7. The lowest BCUT2D eigenvalue weighted by atomic mass is 10.2. The van der Waals surface area contributed by atoms with E-state index in [4.69, 9.17) is 0 Å². The Labute approximate surface area is 131 Å². The summed E-state index contributed by atoms with van der Waals surface area (Å²) in [5, 5.41) is 10.7. The van der Waals surface area contributed by atoms with E-state index in [0.29, 0.717) is 25.2 Å². The molecule has 0 radical (unpaired) electrons. The fraction of sp³-hybridized carbons (Fsp3) is 0.417. The Balaban J connectivity index is 1.80. The minimum Gasteiger partial charge on any atom is -0.292 e. The smallest absolute Gasteiger partial charge is 0.253 e. The third kappa shape index (κ3) is 2.76. The summed E-state index contributed by atoms with van der Waals surface area (Å²) in [6, 6.07) is 2.50. The first kappa shape index (κ1) is 15.1. The molecule has 1 amide bonds. The van der Waals surface area contributed by atoms with Crippen LogP contribution in [0.15, 0.2) is 21.7 Å². The molecular formula is C12H15N5O3S2. The number of carbonyl (C=O) groups excluding carboxylic acids is 1. The molecule has 2 aromatic heterocycles. The number of aryl methyl sites for hydroxylation is 1. The quantitative estimate of drug-likeness (QED) is 0.861. The Hall–Kier alpha value is -1.78. The van der Waals surface area contributed by atoms with Gasteiger partial charge in [0.1, 0.15) is 16.1 Å². The van der Waals surface area contributed by atoms with E-state index in [2.05, 4.69) is 20.5 Å². The molecule has 1 aliphatic rings. The normalized spacial score (nSPS) is 19.4. The third-order valence-electron chi connectivity index (χ3n) is 3.40. The number of hydrogen-bond donors (Lipinski definition) is 2. The second kappa shape index (κ2) is 5.78. The molecule has 0 aliphatic carbocycles. The van der Waals surface area contributed by atoms with Crippen LogP contribution < -0.4 is 5.32 Å². The number of carbonyl (C=O) groups is 1. The Morgan fingerprint density at radius 3 is 3.00 bits per heavy atom. The van der Waals surface area contributed by atoms with Crippen molar-refractivity contribution in [3.8, 4) is 0 Å². The van der Waals surface area contributed by atoms with Crippen LogP contribution >= 0.6 is 11.3 Å². The molecule has 0 spiro atoms. The third-order valence-corrected chi connectivity index (χ3v) is 6.68. The molecule has 1 saturated heterocycles. The van der Waals surface area contributed by atoms with Gasteiger partial charge in [-0.3, -0.25) is 15.2 Å². The predicted molar refractivity (Wildman–Crippen MR) is 81.0 cm³/mol. The molecular weight excluding hydrogens is 326 g/mol. The summed E-state index contributed by atoms with van der Waals surface area (Å²) in [6.45, 7) is 2.05. The average Bonchev–Trinajstić information content (AvgIpc) is 3.20. The summed E-state index contributed by atoms with van der Waals surface area (Å²) in [4.78, 5) is 16.3. The molecule has 1 aliphatic heterocycles. The number of hydrogen-bond acceptors (Lipinski definition) is 6. The zero-order valence-electron chi connectivity index (χ0n) is 11.8. The van der Waals surface area contributed by atoms with Crippen molar-refractivity contribution < 1.29 is 13.2 Å². The predicted octanol–water partition coefficient (Wildman–Crippen LogP) is 0.966. The Morgan fingerprint density at radius 1 is 1.55 bits per heavy atom. The van der Waals surface area contributed by atoms with Crippen molar-refractivity contribution in [2.45, 2.75) is 30.0 Å². The monoisotopic (exact) mass is 341 g/mol. The minimum absolute atomic E-state index is 0.155. The Bertz CT molecular complexity index is 769. The number of sulfonamides is 1. The molecule has 3 heterocycles. The topological polar surface area (TPSA) is 108 Å². The molecule has 118 valence electrons. The molecule has 2 N–H and O–H groups in total. The SMILES string of the molecule is Cc1nc(NC(=O)[C@@H]2CCCN2S(=O)(=O)c2cccs2)n[nH]1. The maximum atomic E-state index is 12.6. The largest absolute Gasteiger partial charge is 0.292 e. The average molecular weight is 341 g/mol. The van der Waals surface area contributed by atoms with Crippen LogP contribution in [0.2, 0.25) is 0 Å². The number of anilines is 1. The second-order valence-electron chi connectivity index (χ2n) is 4.94. The zero-order valence-corrected chi connectivity index (χ0v) is 13.4. The Kier molecular flexibility index (Phi) is 3.98. The van der Waals surface area contributed by atoms with Gasteiger partial charge in [-0.1, -0.05) is 6.07 Å². The number of H-pyrrole nitrogens is 1. The van der Waals surface area contributed by atoms with Crippen LogP contribution in [0.5, 0.6) is 0 Å². The fourth-order valence-corrected chi connectivity index (χ4v) is 5.18. The van der Waals surface area contributed by atoms with E-state index in [-0.39, 0.29) is 10.2 Å². The van der Waals surface area contributed by atoms with Crippen molar-refractivity contribution >= 4 is 33.2 Å². The highest BCUT2D eigenvalue weighted by molar-refractivity contribution is 7.91. The number of rotatable bonds is 4. The number of nitrogens with one attached hydrogen (secondary N) is 2. The van der Waals surface area contributed by atoms with Crippen LogP contribution in [-0.2, 0) is 14.8 Å². The van der Waals surface area contributed by atoms with Gasteiger partial charge >= 0.3 is 0 Å². The lowest BCUT2D eigenvalue weighted by molar-refractivity contribution is -0.119. The summed E-state index contributed by atoms with van der Waals surface area (Å²) in [5.74, 6) is 0.323. The van der Waals surface area contributed by atoms with E-state index in [1.807, 2.05) is 0 Å². The summed E-state index contributed by atoms with van der Waals surface area (Å²) >= 11 is 1.15. The summed E-state index contributed by atoms with van der Waals surface area (Å²) in [7, 11) is -3.63. The molecule has 8 nitrogen and oxygen atoms in total. The fourth-order valence-electron chi connectivity index (χ4n) is 2.41. The van der Waals surface area contributed by atoms with Crippen LogP contribution in [0.1, 0.15) is 18.7 Å². The number of nitrogens with zero attached hydrogens (tertiary/aromatic N) is 3. The van der Waals surface area contributed by atoms with Gasteiger partial charge in [-0.25, -0.2) is 8.42 Å². The highest BCUT2D eigenvalue weighted by Gasteiger charge is 2.40. The second-order valence-corrected chi connectivity index (χ2v) is 8.00. The lowest BCUT2D eigenvalue weighted by Gasteiger charge is -2.21. The van der Waals surface area contributed by atoms with Crippen molar-refractivity contribution in [2.24, 2.45) is 0 Å². The maximum absolute atomic E-state index is 12.6. The van der Waals surface area contributed by atoms with Crippen LogP contribution in [-0.4, -0.2) is 46.4 Å². The van der Waals surface area contributed by atoms with Crippen molar-refractivity contribution in [1.29, 1.82) is 0 Å². The van der Waals surface area contributed by atoms with Gasteiger partial charge in [-0.2, -0.15) is 9.29 Å². The van der Waals surface area contributed by atoms with Gasteiger partial charge in [0, 0.05) is 6.54 Å². The molecule has 0 unspecified atom stereocenters. The van der Waals surface area contributed by atoms with E-state index in [1.165, 1.54) is 4.31 Å². The van der Waals surface area contributed by atoms with E-state index in [1.54, 1.807) is 24.4 Å². The summed E-state index contributed by atoms with van der Waals surface area (Å²) < 4.78 is 26.7. The van der Waals surface area contributed by atoms with Crippen LogP contribution in [0, 0.1) is 6.92 Å². The lowest BCUT2D eigenvalue weighted by Crippen LogP contribution is -2.43. The minimum atomic E-state index is -3.63. The van der Waals surface area contributed by atoms with Crippen LogP contribution in [0.25, 0.3) is 0 Å². The van der Waals surface area contributed by atoms with Gasteiger partial charge < -0.3 is 0 Å². The molecule has 3 rings (SSSR count). The van der Waals surface area contributed by atoms with E-state index in [0.717, 1.165) is 11.3 Å². The van der Waals surface area contributed by atoms with Crippen molar-refractivity contribution in [3.05, 3.63) is 23.3 Å². The van der Waals surface area contributed by atoms with Crippen molar-refractivity contribution in [3.63, 3.8) is 0 Å². The first-order valence-electron chi connectivity index (χ1n) is 6.74. The maximum Gasteiger partial charge on any atom is 0.253 e. The highest BCUT2D eigenvalue weighted by atomic mass is 32.2. The van der Waals surface area contributed by atoms with Gasteiger partial charge in [0.25, 0.3) is 10.0 Å². The number of aromatic nitrogens is 3. The molecule has 1 fully saturated rings. The van der Waals surface area contributed by atoms with Gasteiger partial charge in [-0.15, -0.1) is 16.4 Å². The van der Waals surface area contributed by atoms with Crippen molar-refractivity contribution in [2.75, 3.05) is 11.9 Å². The molecule has 1 atom stereocenters. The van der Waals surface area contributed by atoms with Gasteiger partial charge in [0.2, 0.25) is 11.9 Å². The van der Waals surface area contributed by atoms with Crippen LogP contribution in [0.3, 0.4) is 0 Å². The van der Waals surface area contributed by atoms with E-state index < -0.39 is 22.0 Å². The molecule has 0 bridgehead atoms. The Morgan fingerprint density at radius 2 is 2.36 bits per heavy atom. The molecule has 10 heteroatoms. The van der Waals surface area contributed by atoms with E-state index in [9.17, 15) is 13.2 Å². The molecule has 0 aromatic carbocycles. The molecule has 22 heavy (non-hydrogen) atoms. The molecule has 0 saturated carbocycles. The first-order valence-corrected chi connectivity index (χ1v) is 9.05. The summed E-state index contributed by atoms with van der Waals surface area (Å²) in [5.41, 5.74) is 0. The number of thiophene rings is 1. The highest BCUT2D eigenvalue weighted by Crippen LogP contribution is 2.28. The van der Waals surface area contributed by atoms with Crippen molar-refractivity contribution in [1.82, 2.24) is 19.5 Å².